The number of aliphatic carboxylic acids is 2. The molecule has 2 heterocycles. The number of carbonyl (C=O) groups excluding carboxylic acids is 10. The van der Waals surface area contributed by atoms with Crippen molar-refractivity contribution in [3.05, 3.63) is 35.9 Å². The molecule has 3 aliphatic rings. The molecule has 1 saturated carbocycles. The Hall–Kier alpha value is -7.26. The molecule has 75 heavy (non-hydrogen) atoms. The minimum absolute atomic E-state index is 0.0268. The van der Waals surface area contributed by atoms with Gasteiger partial charge in [-0.25, -0.2) is 4.79 Å². The van der Waals surface area contributed by atoms with Crippen molar-refractivity contribution in [1.82, 2.24) is 52.8 Å². The first kappa shape index (κ1) is 60.3. The number of carbonyl (C=O) groups is 12. The van der Waals surface area contributed by atoms with Gasteiger partial charge in [0.2, 0.25) is 59.1 Å². The molecule has 2 saturated heterocycles. The van der Waals surface area contributed by atoms with E-state index in [1.807, 2.05) is 0 Å². The Kier molecular flexibility index (Phi) is 22.8. The van der Waals surface area contributed by atoms with Gasteiger partial charge in [0.25, 0.3) is 0 Å². The monoisotopic (exact) mass is 1060 g/mol. The maximum absolute atomic E-state index is 14.5. The number of likely N-dealkylation sites (tertiary alicyclic amines) is 1. The zero-order chi connectivity index (χ0) is 55.6. The quantitative estimate of drug-likeness (QED) is 0.0323. The molecule has 0 bridgehead atoms. The molecule has 10 atom stereocenters. The molecular weight excluding hydrogens is 985 g/mol. The predicted octanol–water partition coefficient (Wildman–Crippen LogP) is -4.58. The Labute approximate surface area is 432 Å². The Morgan fingerprint density at radius 1 is 0.773 bits per heavy atom. The maximum atomic E-state index is 14.5. The van der Waals surface area contributed by atoms with Crippen LogP contribution in [-0.2, 0) is 57.5 Å². The summed E-state index contributed by atoms with van der Waals surface area (Å²) in [7, 11) is 0. The average molecular weight is 1060 g/mol. The number of β-amino-alcohol motifs (C(OH)–C–C–N with tert-alkyl or cyclic N) is 1. The van der Waals surface area contributed by atoms with E-state index in [0.29, 0.717) is 31.4 Å². The normalized spacial score (nSPS) is 21.7. The van der Waals surface area contributed by atoms with Crippen molar-refractivity contribution in [2.45, 2.75) is 151 Å². The Morgan fingerprint density at radius 2 is 1.47 bits per heavy atom. The lowest BCUT2D eigenvalue weighted by Crippen LogP contribution is -2.61. The van der Waals surface area contributed by atoms with Gasteiger partial charge < -0.3 is 79.5 Å². The number of nitrogens with two attached hydrogens (primary N) is 2. The van der Waals surface area contributed by atoms with Crippen LogP contribution >= 0.6 is 0 Å². The lowest BCUT2D eigenvalue weighted by atomic mass is 10.00. The fourth-order valence-electron chi connectivity index (χ4n) is 8.91. The minimum atomic E-state index is -1.88. The van der Waals surface area contributed by atoms with Crippen LogP contribution in [0.15, 0.2) is 30.3 Å². The number of rotatable bonds is 30. The second kappa shape index (κ2) is 28.4. The summed E-state index contributed by atoms with van der Waals surface area (Å²) in [5, 5.41) is 51.7. The molecule has 2 unspecified atom stereocenters. The van der Waals surface area contributed by atoms with Crippen molar-refractivity contribution >= 4 is 71.0 Å². The molecule has 1 aromatic carbocycles. The summed E-state index contributed by atoms with van der Waals surface area (Å²) in [5.41, 5.74) is 9.58. The molecule has 27 nitrogen and oxygen atoms in total. The van der Waals surface area contributed by atoms with E-state index in [-0.39, 0.29) is 51.1 Å². The number of unbranched alkanes of at least 4 members (excludes halogenated alkanes) is 1. The summed E-state index contributed by atoms with van der Waals surface area (Å²) in [6.45, 7) is 4.37. The first-order valence-corrected chi connectivity index (χ1v) is 25.0. The van der Waals surface area contributed by atoms with Gasteiger partial charge in [0.15, 0.2) is 0 Å². The average Bonchev–Trinajstić information content (AvgIpc) is 3.60. The molecule has 1 aromatic rings. The summed E-state index contributed by atoms with van der Waals surface area (Å²) in [6.07, 6.45) is -0.626. The molecule has 27 heteroatoms. The zero-order valence-corrected chi connectivity index (χ0v) is 42.3. The van der Waals surface area contributed by atoms with Crippen LogP contribution in [0.4, 0.5) is 0 Å². The van der Waals surface area contributed by atoms with Crippen molar-refractivity contribution < 1.29 is 72.9 Å². The fraction of sp³-hybridized carbons (Fsp3) is 0.625. The molecular formula is C48H72N12O15. The number of amides is 10. The SMILES string of the molecule is CC(C)C[C@H](NC(=O)C1(NC(=O)[C@H](CC(=O)O)NC(=O)[C@H](CCC(N)=O)NC(=O)CNC(=O)[C@@H]2C[C@@H](O)CN2)CC1c1ccccc1)C(=O)N[C@@H](C)C(=O)NCC(=O)N1CCC[C@H]1C(=O)N[C@@H](CCCCN)C(=O)O. The number of hydrogen-bond acceptors (Lipinski definition) is 15. The van der Waals surface area contributed by atoms with Crippen molar-refractivity contribution in [2.75, 3.05) is 32.7 Å². The van der Waals surface area contributed by atoms with Crippen molar-refractivity contribution in [3.8, 4) is 0 Å². The highest BCUT2D eigenvalue weighted by atomic mass is 16.4. The molecule has 0 radical (unpaired) electrons. The number of carboxylic acids is 2. The van der Waals surface area contributed by atoms with Gasteiger partial charge in [-0.3, -0.25) is 52.7 Å². The van der Waals surface area contributed by atoms with E-state index in [1.165, 1.54) is 11.8 Å². The topological polar surface area (TPSA) is 429 Å². The number of primary amides is 1. The zero-order valence-electron chi connectivity index (χ0n) is 42.3. The number of aliphatic hydroxyl groups excluding tert-OH is 1. The summed E-state index contributed by atoms with van der Waals surface area (Å²) in [6, 6.07) is -0.491. The van der Waals surface area contributed by atoms with E-state index >= 15 is 0 Å². The van der Waals surface area contributed by atoms with Gasteiger partial charge in [-0.2, -0.15) is 0 Å². The Bertz CT molecular complexity index is 2270. The number of nitrogens with zero attached hydrogens (tertiary/aromatic N) is 1. The van der Waals surface area contributed by atoms with Crippen molar-refractivity contribution in [1.29, 1.82) is 0 Å². The highest BCUT2D eigenvalue weighted by Gasteiger charge is 2.62. The lowest BCUT2D eigenvalue weighted by Gasteiger charge is -2.28. The molecule has 16 N–H and O–H groups in total. The first-order valence-electron chi connectivity index (χ1n) is 25.0. The van der Waals surface area contributed by atoms with Gasteiger partial charge in [-0.05, 0) is 82.7 Å². The maximum Gasteiger partial charge on any atom is 0.326 e. The highest BCUT2D eigenvalue weighted by Crippen LogP contribution is 2.52. The molecule has 3 fully saturated rings. The molecule has 414 valence electrons. The predicted molar refractivity (Wildman–Crippen MR) is 264 cm³/mol. The van der Waals surface area contributed by atoms with E-state index in [1.54, 1.807) is 44.2 Å². The molecule has 0 spiro atoms. The third kappa shape index (κ3) is 18.3. The third-order valence-corrected chi connectivity index (χ3v) is 13.0. The van der Waals surface area contributed by atoms with E-state index in [4.69, 9.17) is 11.5 Å². The van der Waals surface area contributed by atoms with Gasteiger partial charge in [0.1, 0.15) is 41.8 Å². The van der Waals surface area contributed by atoms with E-state index < -0.39 is 163 Å². The van der Waals surface area contributed by atoms with Crippen LogP contribution in [0, 0.1) is 5.92 Å². The molecule has 0 aromatic heterocycles. The largest absolute Gasteiger partial charge is 0.481 e. The standard InChI is InChI=1S/C48H72N12O15/c1-25(2)18-33(43(70)54-26(3)40(67)53-24-38(64)60-17-9-13-35(60)45(72)56-31(46(73)74)12-7-8-16-49)58-47(75)48(21-29(48)27-10-5-4-6-11-27)59-44(71)34(20-39(65)66)57-42(69)30(14-15-36(50)62)55-37(63)23-52-41(68)32-19-28(61)22-51-32/h4-6,10-11,25-26,28-35,51,61H,7-9,12-24,49H2,1-3H3,(H2,50,62)(H,52,68)(H,53,67)(H,54,70)(H,55,63)(H,56,72)(H,57,69)(H,58,75)(H,59,71)(H,65,66)(H,73,74)/t26-,28+,29?,30-,31-,32-,33-,34-,35-,48?/m0/s1. The van der Waals surface area contributed by atoms with Gasteiger partial charge in [-0.15, -0.1) is 0 Å². The van der Waals surface area contributed by atoms with Gasteiger partial charge in [-0.1, -0.05) is 44.2 Å². The number of hydrogen-bond donors (Lipinski definition) is 14. The minimum Gasteiger partial charge on any atom is -0.481 e. The van der Waals surface area contributed by atoms with E-state index in [9.17, 15) is 72.9 Å². The van der Waals surface area contributed by atoms with Crippen LogP contribution in [0.25, 0.3) is 0 Å². The first-order chi connectivity index (χ1) is 35.5. The smallest absolute Gasteiger partial charge is 0.326 e. The third-order valence-electron chi connectivity index (χ3n) is 13.0. The summed E-state index contributed by atoms with van der Waals surface area (Å²) >= 11 is 0. The molecule has 2 aliphatic heterocycles. The van der Waals surface area contributed by atoms with Crippen LogP contribution in [-0.4, -0.2) is 178 Å². The highest BCUT2D eigenvalue weighted by molar-refractivity contribution is 6.02. The van der Waals surface area contributed by atoms with Crippen LogP contribution < -0.4 is 59.3 Å². The van der Waals surface area contributed by atoms with E-state index in [2.05, 4.69) is 47.9 Å². The summed E-state index contributed by atoms with van der Waals surface area (Å²) < 4.78 is 0. The van der Waals surface area contributed by atoms with Crippen LogP contribution in [0.2, 0.25) is 0 Å². The van der Waals surface area contributed by atoms with E-state index in [0.717, 1.165) is 0 Å². The van der Waals surface area contributed by atoms with Gasteiger partial charge >= 0.3 is 11.9 Å². The number of nitrogens with one attached hydrogen (secondary N) is 9. The Balaban J connectivity index is 1.44. The summed E-state index contributed by atoms with van der Waals surface area (Å²) in [4.78, 5) is 158. The van der Waals surface area contributed by atoms with Crippen molar-refractivity contribution in [3.63, 3.8) is 0 Å². The second-order valence-corrected chi connectivity index (χ2v) is 19.5. The number of benzene rings is 1. The lowest BCUT2D eigenvalue weighted by molar-refractivity contribution is -0.144. The van der Waals surface area contributed by atoms with Gasteiger partial charge in [0.05, 0.1) is 31.7 Å². The van der Waals surface area contributed by atoms with Crippen LogP contribution in [0.3, 0.4) is 0 Å². The van der Waals surface area contributed by atoms with Crippen LogP contribution in [0.5, 0.6) is 0 Å². The van der Waals surface area contributed by atoms with Crippen molar-refractivity contribution in [2.24, 2.45) is 17.4 Å². The van der Waals surface area contributed by atoms with Crippen LogP contribution in [0.1, 0.15) is 103 Å². The summed E-state index contributed by atoms with van der Waals surface area (Å²) in [5.74, 6) is -12.1. The van der Waals surface area contributed by atoms with Gasteiger partial charge in [0, 0.05) is 25.4 Å². The fourth-order valence-corrected chi connectivity index (χ4v) is 8.91. The molecule has 4 rings (SSSR count). The number of aliphatic hydroxyl groups is 1. The second-order valence-electron chi connectivity index (χ2n) is 19.5. The molecule has 10 amide bonds. The molecule has 1 aliphatic carbocycles. The Morgan fingerprint density at radius 3 is 2.08 bits per heavy atom. The number of carboxylic acid groups (broad SMARTS) is 2.